The first-order chi connectivity index (χ1) is 9.15. The summed E-state index contributed by atoms with van der Waals surface area (Å²) in [6.45, 7) is 0. The Morgan fingerprint density at radius 3 is 2.63 bits per heavy atom. The molecule has 0 unspecified atom stereocenters. The third-order valence-electron chi connectivity index (χ3n) is 2.39. The van der Waals surface area contributed by atoms with E-state index in [9.17, 15) is 9.59 Å². The minimum Gasteiger partial charge on any atom is -0.364 e. The van der Waals surface area contributed by atoms with E-state index in [4.69, 9.17) is 5.73 Å². The Labute approximate surface area is 109 Å². The number of amides is 2. The lowest BCUT2D eigenvalue weighted by molar-refractivity contribution is -0.115. The fourth-order valence-electron chi connectivity index (χ4n) is 1.51. The minimum absolute atomic E-state index is 0.158. The van der Waals surface area contributed by atoms with Gasteiger partial charge in [0.05, 0.1) is 18.3 Å². The Hall–Kier alpha value is -2.76. The van der Waals surface area contributed by atoms with Crippen LogP contribution in [0.1, 0.15) is 16.1 Å². The summed E-state index contributed by atoms with van der Waals surface area (Å²) in [6, 6.07) is 6.63. The van der Waals surface area contributed by atoms with Crippen LogP contribution in [-0.4, -0.2) is 21.8 Å². The van der Waals surface area contributed by atoms with Gasteiger partial charge in [0.15, 0.2) is 0 Å². The molecule has 2 aromatic heterocycles. The van der Waals surface area contributed by atoms with Crippen molar-refractivity contribution in [2.24, 2.45) is 5.73 Å². The van der Waals surface area contributed by atoms with Crippen LogP contribution in [0.3, 0.4) is 0 Å². The first-order valence-corrected chi connectivity index (χ1v) is 5.60. The third kappa shape index (κ3) is 3.60. The number of hydrogen-bond acceptors (Lipinski definition) is 4. The predicted molar refractivity (Wildman–Crippen MR) is 69.3 cm³/mol. The van der Waals surface area contributed by atoms with E-state index in [0.717, 1.165) is 5.56 Å². The van der Waals surface area contributed by atoms with E-state index < -0.39 is 5.91 Å². The number of primary amides is 1. The molecule has 2 heterocycles. The number of carbonyl (C=O) groups is 2. The van der Waals surface area contributed by atoms with Crippen molar-refractivity contribution in [3.8, 4) is 0 Å². The molecule has 0 atom stereocenters. The van der Waals surface area contributed by atoms with E-state index in [2.05, 4.69) is 15.3 Å². The maximum absolute atomic E-state index is 11.7. The molecule has 3 N–H and O–H groups in total. The molecule has 0 saturated carbocycles. The second-order valence-electron chi connectivity index (χ2n) is 3.88. The van der Waals surface area contributed by atoms with Crippen LogP contribution in [0.15, 0.2) is 42.9 Å². The molecule has 0 spiro atoms. The Bertz CT molecular complexity index is 581. The molecule has 0 aliphatic heterocycles. The molecule has 96 valence electrons. The Kier molecular flexibility index (Phi) is 3.82. The molecular formula is C13H12N4O2. The summed E-state index contributed by atoms with van der Waals surface area (Å²) < 4.78 is 0. The molecule has 6 heteroatoms. The second kappa shape index (κ2) is 5.72. The van der Waals surface area contributed by atoms with E-state index in [1.165, 1.54) is 12.3 Å². The lowest BCUT2D eigenvalue weighted by Crippen LogP contribution is -2.16. The van der Waals surface area contributed by atoms with E-state index in [-0.39, 0.29) is 18.0 Å². The zero-order valence-corrected chi connectivity index (χ0v) is 10.0. The van der Waals surface area contributed by atoms with Crippen LogP contribution in [0.25, 0.3) is 0 Å². The highest BCUT2D eigenvalue weighted by molar-refractivity contribution is 5.93. The van der Waals surface area contributed by atoms with Crippen molar-refractivity contribution in [1.29, 1.82) is 0 Å². The lowest BCUT2D eigenvalue weighted by Gasteiger charge is -2.05. The predicted octanol–water partition coefficient (Wildman–Crippen LogP) is 0.757. The smallest absolute Gasteiger partial charge is 0.267 e. The lowest BCUT2D eigenvalue weighted by atomic mass is 10.2. The number of nitrogens with one attached hydrogen (secondary N) is 1. The van der Waals surface area contributed by atoms with Gasteiger partial charge in [-0.1, -0.05) is 6.07 Å². The molecule has 0 aliphatic carbocycles. The van der Waals surface area contributed by atoms with Gasteiger partial charge in [-0.15, -0.1) is 0 Å². The first-order valence-electron chi connectivity index (χ1n) is 5.60. The molecule has 2 amide bonds. The van der Waals surface area contributed by atoms with Gasteiger partial charge in [-0.2, -0.15) is 0 Å². The van der Waals surface area contributed by atoms with Gasteiger partial charge in [0.25, 0.3) is 5.91 Å². The van der Waals surface area contributed by atoms with Crippen molar-refractivity contribution in [2.75, 3.05) is 5.32 Å². The monoisotopic (exact) mass is 256 g/mol. The zero-order chi connectivity index (χ0) is 13.7. The van der Waals surface area contributed by atoms with Crippen molar-refractivity contribution in [3.63, 3.8) is 0 Å². The van der Waals surface area contributed by atoms with Gasteiger partial charge >= 0.3 is 0 Å². The standard InChI is InChI=1S/C13H12N4O2/c14-13(19)11-4-3-10(8-16-11)17-12(18)6-9-2-1-5-15-7-9/h1-5,7-8H,6H2,(H2,14,19)(H,17,18). The van der Waals surface area contributed by atoms with Crippen LogP contribution in [0, 0.1) is 0 Å². The highest BCUT2D eigenvalue weighted by Gasteiger charge is 2.06. The highest BCUT2D eigenvalue weighted by Crippen LogP contribution is 2.07. The van der Waals surface area contributed by atoms with Crippen molar-refractivity contribution < 1.29 is 9.59 Å². The number of aromatic nitrogens is 2. The largest absolute Gasteiger partial charge is 0.364 e. The van der Waals surface area contributed by atoms with Crippen LogP contribution in [0.4, 0.5) is 5.69 Å². The molecular weight excluding hydrogens is 244 g/mol. The van der Waals surface area contributed by atoms with E-state index in [0.29, 0.717) is 5.69 Å². The van der Waals surface area contributed by atoms with E-state index >= 15 is 0 Å². The zero-order valence-electron chi connectivity index (χ0n) is 10.0. The fraction of sp³-hybridized carbons (Fsp3) is 0.0769. The summed E-state index contributed by atoms with van der Waals surface area (Å²) in [5, 5.41) is 2.68. The molecule has 0 aromatic carbocycles. The second-order valence-corrected chi connectivity index (χ2v) is 3.88. The summed E-state index contributed by atoms with van der Waals surface area (Å²) in [6.07, 6.45) is 4.90. The van der Waals surface area contributed by atoms with Gasteiger partial charge in [-0.05, 0) is 23.8 Å². The Balaban J connectivity index is 1.97. The molecule has 2 rings (SSSR count). The van der Waals surface area contributed by atoms with Gasteiger partial charge < -0.3 is 11.1 Å². The first kappa shape index (κ1) is 12.7. The van der Waals surface area contributed by atoms with Crippen molar-refractivity contribution in [2.45, 2.75) is 6.42 Å². The topological polar surface area (TPSA) is 98.0 Å². The molecule has 6 nitrogen and oxygen atoms in total. The quantitative estimate of drug-likeness (QED) is 0.843. The number of nitrogens with two attached hydrogens (primary N) is 1. The van der Waals surface area contributed by atoms with Crippen LogP contribution in [0.5, 0.6) is 0 Å². The summed E-state index contributed by atoms with van der Waals surface area (Å²) in [5.74, 6) is -0.783. The average molecular weight is 256 g/mol. The van der Waals surface area contributed by atoms with Gasteiger partial charge in [0.1, 0.15) is 5.69 Å². The van der Waals surface area contributed by atoms with E-state index in [1.54, 1.807) is 24.5 Å². The number of carbonyl (C=O) groups excluding carboxylic acids is 2. The minimum atomic E-state index is -0.603. The molecule has 0 saturated heterocycles. The Morgan fingerprint density at radius 2 is 2.05 bits per heavy atom. The Morgan fingerprint density at radius 1 is 1.21 bits per heavy atom. The van der Waals surface area contributed by atoms with E-state index in [1.807, 2.05) is 6.07 Å². The number of pyridine rings is 2. The summed E-state index contributed by atoms with van der Waals surface area (Å²) in [7, 11) is 0. The van der Waals surface area contributed by atoms with Crippen LogP contribution in [0.2, 0.25) is 0 Å². The number of nitrogens with zero attached hydrogens (tertiary/aromatic N) is 2. The van der Waals surface area contributed by atoms with Crippen molar-refractivity contribution in [3.05, 3.63) is 54.1 Å². The normalized spacial score (nSPS) is 9.89. The van der Waals surface area contributed by atoms with Crippen LogP contribution in [-0.2, 0) is 11.2 Å². The number of anilines is 1. The molecule has 0 bridgehead atoms. The van der Waals surface area contributed by atoms with Gasteiger partial charge in [0, 0.05) is 12.4 Å². The fourth-order valence-corrected chi connectivity index (χ4v) is 1.51. The SMILES string of the molecule is NC(=O)c1ccc(NC(=O)Cc2cccnc2)cn1. The molecule has 0 aliphatic rings. The summed E-state index contributed by atoms with van der Waals surface area (Å²) in [4.78, 5) is 30.4. The maximum Gasteiger partial charge on any atom is 0.267 e. The average Bonchev–Trinajstić information content (AvgIpc) is 2.40. The molecule has 0 fully saturated rings. The number of rotatable bonds is 4. The maximum atomic E-state index is 11.7. The molecule has 0 radical (unpaired) electrons. The van der Waals surface area contributed by atoms with Gasteiger partial charge in [-0.25, -0.2) is 4.98 Å². The molecule has 19 heavy (non-hydrogen) atoms. The third-order valence-corrected chi connectivity index (χ3v) is 2.39. The van der Waals surface area contributed by atoms with Crippen molar-refractivity contribution in [1.82, 2.24) is 9.97 Å². The summed E-state index contributed by atoms with van der Waals surface area (Å²) in [5.41, 5.74) is 6.56. The van der Waals surface area contributed by atoms with Crippen LogP contribution < -0.4 is 11.1 Å². The van der Waals surface area contributed by atoms with Crippen LogP contribution >= 0.6 is 0 Å². The highest BCUT2D eigenvalue weighted by atomic mass is 16.2. The molecule has 2 aromatic rings. The number of hydrogen-bond donors (Lipinski definition) is 2. The van der Waals surface area contributed by atoms with Crippen molar-refractivity contribution >= 4 is 17.5 Å². The van der Waals surface area contributed by atoms with Gasteiger partial charge in [0.2, 0.25) is 5.91 Å². The summed E-state index contributed by atoms with van der Waals surface area (Å²) >= 11 is 0. The van der Waals surface area contributed by atoms with Gasteiger partial charge in [-0.3, -0.25) is 14.6 Å².